The van der Waals surface area contributed by atoms with E-state index < -0.39 is 0 Å². The molecule has 1 amide bonds. The number of rotatable bonds is 7. The number of amides is 1. The summed E-state index contributed by atoms with van der Waals surface area (Å²) >= 11 is 0. The maximum Gasteiger partial charge on any atom is 0.230 e. The van der Waals surface area contributed by atoms with Gasteiger partial charge in [0.25, 0.3) is 0 Å². The van der Waals surface area contributed by atoms with Crippen LogP contribution in [0.25, 0.3) is 22.3 Å². The fraction of sp³-hybridized carbons (Fsp3) is 0.240. The molecule has 0 radical (unpaired) electrons. The molecule has 4 heterocycles. The normalized spacial score (nSPS) is 15.3. The molecule has 3 aromatic heterocycles. The van der Waals surface area contributed by atoms with Gasteiger partial charge in [0.2, 0.25) is 5.91 Å². The summed E-state index contributed by atoms with van der Waals surface area (Å²) in [6.45, 7) is 1.88. The Balaban J connectivity index is 1.40. The number of nitrogens with zero attached hydrogens (tertiary/aromatic N) is 4. The van der Waals surface area contributed by atoms with Crippen LogP contribution in [0.4, 0.5) is 11.6 Å². The summed E-state index contributed by atoms with van der Waals surface area (Å²) in [5.41, 5.74) is 2.31. The molecule has 1 fully saturated rings. The highest BCUT2D eigenvalue weighted by Gasteiger charge is 2.18. The molecule has 1 atom stereocenters. The summed E-state index contributed by atoms with van der Waals surface area (Å²) in [7, 11) is 1.59. The molecule has 0 saturated carbocycles. The molecular formula is C25H25N7O2. The number of benzene rings is 1. The maximum absolute atomic E-state index is 12.7. The number of pyridine rings is 2. The molecule has 0 spiro atoms. The van der Waals surface area contributed by atoms with Crippen molar-refractivity contribution in [1.82, 2.24) is 25.3 Å². The van der Waals surface area contributed by atoms with Crippen molar-refractivity contribution in [2.45, 2.75) is 18.9 Å². The number of hydrogen-bond donors (Lipinski definition) is 3. The summed E-state index contributed by atoms with van der Waals surface area (Å²) in [6, 6.07) is 13.3. The summed E-state index contributed by atoms with van der Waals surface area (Å²) < 4.78 is 5.34. The van der Waals surface area contributed by atoms with Gasteiger partial charge < -0.3 is 20.7 Å². The van der Waals surface area contributed by atoms with Gasteiger partial charge in [-0.05, 0) is 37.2 Å². The monoisotopic (exact) mass is 455 g/mol. The van der Waals surface area contributed by atoms with Crippen LogP contribution >= 0.6 is 0 Å². The summed E-state index contributed by atoms with van der Waals surface area (Å²) in [6.07, 6.45) is 6.32. The molecule has 34 heavy (non-hydrogen) atoms. The van der Waals surface area contributed by atoms with Crippen molar-refractivity contribution in [2.24, 2.45) is 0 Å². The predicted octanol–water partition coefficient (Wildman–Crippen LogP) is 3.05. The van der Waals surface area contributed by atoms with E-state index in [1.54, 1.807) is 31.8 Å². The number of ether oxygens (including phenoxy) is 1. The minimum absolute atomic E-state index is 0.178. The lowest BCUT2D eigenvalue weighted by molar-refractivity contribution is -0.115. The van der Waals surface area contributed by atoms with Crippen molar-refractivity contribution in [1.29, 1.82) is 0 Å². The Morgan fingerprint density at radius 3 is 2.94 bits per heavy atom. The van der Waals surface area contributed by atoms with E-state index in [1.807, 2.05) is 36.4 Å². The smallest absolute Gasteiger partial charge is 0.230 e. The molecule has 1 aliphatic rings. The molecule has 1 aliphatic heterocycles. The molecule has 172 valence electrons. The summed E-state index contributed by atoms with van der Waals surface area (Å²) in [4.78, 5) is 30.7. The van der Waals surface area contributed by atoms with Crippen molar-refractivity contribution in [3.8, 4) is 17.1 Å². The van der Waals surface area contributed by atoms with E-state index in [0.29, 0.717) is 23.4 Å². The zero-order valence-electron chi connectivity index (χ0n) is 18.8. The van der Waals surface area contributed by atoms with Gasteiger partial charge in [0.1, 0.15) is 17.4 Å². The van der Waals surface area contributed by atoms with Crippen LogP contribution < -0.4 is 20.7 Å². The number of carbonyl (C=O) groups excluding carboxylic acids is 1. The zero-order valence-corrected chi connectivity index (χ0v) is 18.8. The fourth-order valence-corrected chi connectivity index (χ4v) is 4.04. The van der Waals surface area contributed by atoms with Crippen molar-refractivity contribution < 1.29 is 9.53 Å². The van der Waals surface area contributed by atoms with Crippen molar-refractivity contribution in [3.63, 3.8) is 0 Å². The fourth-order valence-electron chi connectivity index (χ4n) is 4.04. The first kappa shape index (κ1) is 21.7. The van der Waals surface area contributed by atoms with Crippen LogP contribution in [0.1, 0.15) is 12.0 Å². The minimum atomic E-state index is -0.186. The molecule has 0 aliphatic carbocycles. The number of anilines is 2. The molecule has 9 heteroatoms. The highest BCUT2D eigenvalue weighted by atomic mass is 16.5. The third-order valence-corrected chi connectivity index (χ3v) is 5.73. The van der Waals surface area contributed by atoms with Crippen molar-refractivity contribution in [2.75, 3.05) is 30.8 Å². The van der Waals surface area contributed by atoms with Gasteiger partial charge in [-0.1, -0.05) is 18.2 Å². The molecule has 1 saturated heterocycles. The second-order valence-corrected chi connectivity index (χ2v) is 8.09. The predicted molar refractivity (Wildman–Crippen MR) is 131 cm³/mol. The van der Waals surface area contributed by atoms with Gasteiger partial charge in [-0.15, -0.1) is 0 Å². The van der Waals surface area contributed by atoms with E-state index in [-0.39, 0.29) is 12.3 Å². The van der Waals surface area contributed by atoms with Crippen LogP contribution in [-0.2, 0) is 11.2 Å². The average molecular weight is 456 g/mol. The number of nitrogens with one attached hydrogen (secondary N) is 3. The highest BCUT2D eigenvalue weighted by molar-refractivity contribution is 5.93. The number of aromatic nitrogens is 4. The lowest BCUT2D eigenvalue weighted by Crippen LogP contribution is -2.23. The van der Waals surface area contributed by atoms with Crippen LogP contribution in [0.5, 0.6) is 5.75 Å². The minimum Gasteiger partial charge on any atom is -0.496 e. The lowest BCUT2D eigenvalue weighted by Gasteiger charge is -2.15. The van der Waals surface area contributed by atoms with E-state index in [9.17, 15) is 4.79 Å². The Morgan fingerprint density at radius 2 is 2.09 bits per heavy atom. The van der Waals surface area contributed by atoms with E-state index in [1.165, 1.54) is 0 Å². The number of para-hydroxylation sites is 1. The number of fused-ring (bicyclic) bond motifs is 1. The van der Waals surface area contributed by atoms with Crippen LogP contribution in [0.3, 0.4) is 0 Å². The van der Waals surface area contributed by atoms with Crippen molar-refractivity contribution >= 4 is 28.4 Å². The maximum atomic E-state index is 12.7. The molecule has 0 bridgehead atoms. The standard InChI is InChI=1S/C25H25N7O2/c1-34-21-5-3-2-4-16(21)13-23(33)31-22-12-17(6-11-28-22)24-30-20-15-27-10-8-19(20)25(32-24)29-18-7-9-26-14-18/h2-6,8,10-12,15,18,26H,7,9,13-14H2,1H3,(H,28,31,33)(H,29,30,32). The van der Waals surface area contributed by atoms with Crippen LogP contribution in [-0.4, -0.2) is 52.1 Å². The Morgan fingerprint density at radius 1 is 1.18 bits per heavy atom. The van der Waals surface area contributed by atoms with Crippen LogP contribution in [0, 0.1) is 0 Å². The Hall–Kier alpha value is -4.11. The second kappa shape index (κ2) is 9.80. The quantitative estimate of drug-likeness (QED) is 0.390. The first-order valence-corrected chi connectivity index (χ1v) is 11.2. The molecule has 5 rings (SSSR count). The Kier molecular flexibility index (Phi) is 6.26. The topological polar surface area (TPSA) is 114 Å². The van der Waals surface area contributed by atoms with E-state index >= 15 is 0 Å². The molecule has 1 unspecified atom stereocenters. The third kappa shape index (κ3) is 4.79. The van der Waals surface area contributed by atoms with Crippen LogP contribution in [0.15, 0.2) is 61.1 Å². The van der Waals surface area contributed by atoms with Gasteiger partial charge in [0.05, 0.1) is 25.2 Å². The first-order chi connectivity index (χ1) is 16.7. The summed E-state index contributed by atoms with van der Waals surface area (Å²) in [5, 5.41) is 10.7. The van der Waals surface area contributed by atoms with Gasteiger partial charge in [0.15, 0.2) is 5.82 Å². The highest BCUT2D eigenvalue weighted by Crippen LogP contribution is 2.26. The van der Waals surface area contributed by atoms with Gasteiger partial charge in [-0.3, -0.25) is 9.78 Å². The number of methoxy groups -OCH3 is 1. The molecule has 4 aromatic rings. The molecule has 3 N–H and O–H groups in total. The number of carbonyl (C=O) groups is 1. The molecule has 1 aromatic carbocycles. The van der Waals surface area contributed by atoms with Gasteiger partial charge in [-0.25, -0.2) is 15.0 Å². The van der Waals surface area contributed by atoms with Gasteiger partial charge in [-0.2, -0.15) is 0 Å². The van der Waals surface area contributed by atoms with E-state index in [4.69, 9.17) is 14.7 Å². The van der Waals surface area contributed by atoms with Gasteiger partial charge in [0, 0.05) is 41.5 Å². The SMILES string of the molecule is COc1ccccc1CC(=O)Nc1cc(-c2nc(NC3CCNC3)c3ccncc3n2)ccn1. The van der Waals surface area contributed by atoms with Crippen LogP contribution in [0.2, 0.25) is 0 Å². The molecular weight excluding hydrogens is 430 g/mol. The largest absolute Gasteiger partial charge is 0.496 e. The first-order valence-electron chi connectivity index (χ1n) is 11.2. The Bertz CT molecular complexity index is 1320. The lowest BCUT2D eigenvalue weighted by atomic mass is 10.1. The second-order valence-electron chi connectivity index (χ2n) is 8.09. The summed E-state index contributed by atoms with van der Waals surface area (Å²) in [5.74, 6) is 2.23. The number of hydrogen-bond acceptors (Lipinski definition) is 8. The van der Waals surface area contributed by atoms with E-state index in [2.05, 4.69) is 25.9 Å². The zero-order chi connectivity index (χ0) is 23.3. The van der Waals surface area contributed by atoms with Gasteiger partial charge >= 0.3 is 0 Å². The Labute approximate surface area is 197 Å². The van der Waals surface area contributed by atoms with E-state index in [0.717, 1.165) is 47.4 Å². The van der Waals surface area contributed by atoms with Crippen molar-refractivity contribution in [3.05, 3.63) is 66.6 Å². The average Bonchev–Trinajstić information content (AvgIpc) is 3.37. The molecule has 9 nitrogen and oxygen atoms in total. The third-order valence-electron chi connectivity index (χ3n) is 5.73.